The van der Waals surface area contributed by atoms with Gasteiger partial charge in [0.05, 0.1) is 11.3 Å². The van der Waals surface area contributed by atoms with Gasteiger partial charge >= 0.3 is 11.9 Å². The first kappa shape index (κ1) is 17.0. The molecule has 3 aromatic rings. The SMILES string of the molecule is CC1(C(=O)OCc2ccc(-n3cccn3)cc2)Cc2ccccc2C(=O)O1. The molecule has 1 aliphatic heterocycles. The largest absolute Gasteiger partial charge is 0.458 e. The quantitative estimate of drug-likeness (QED) is 0.667. The van der Waals surface area contributed by atoms with Crippen molar-refractivity contribution in [3.05, 3.63) is 83.7 Å². The minimum absolute atomic E-state index is 0.104. The molecule has 2 aromatic carbocycles. The van der Waals surface area contributed by atoms with E-state index in [4.69, 9.17) is 9.47 Å². The second-order valence-electron chi connectivity index (χ2n) is 6.65. The van der Waals surface area contributed by atoms with E-state index in [1.54, 1.807) is 29.9 Å². The van der Waals surface area contributed by atoms with Crippen LogP contribution in [0.2, 0.25) is 0 Å². The molecule has 136 valence electrons. The van der Waals surface area contributed by atoms with E-state index in [-0.39, 0.29) is 6.61 Å². The minimum Gasteiger partial charge on any atom is -0.458 e. The van der Waals surface area contributed by atoms with Gasteiger partial charge in [-0.3, -0.25) is 0 Å². The fourth-order valence-electron chi connectivity index (χ4n) is 3.11. The Balaban J connectivity index is 1.43. The average Bonchev–Trinajstić information content (AvgIpc) is 3.21. The van der Waals surface area contributed by atoms with Gasteiger partial charge in [0.2, 0.25) is 5.60 Å². The smallest absolute Gasteiger partial charge is 0.351 e. The molecule has 0 saturated heterocycles. The van der Waals surface area contributed by atoms with Gasteiger partial charge in [-0.2, -0.15) is 5.10 Å². The lowest BCUT2D eigenvalue weighted by atomic mass is 9.90. The van der Waals surface area contributed by atoms with Crippen LogP contribution in [0, 0.1) is 0 Å². The lowest BCUT2D eigenvalue weighted by molar-refractivity contribution is -0.166. The molecule has 1 aliphatic rings. The summed E-state index contributed by atoms with van der Waals surface area (Å²) in [6.07, 6.45) is 3.86. The zero-order valence-electron chi connectivity index (χ0n) is 14.8. The maximum absolute atomic E-state index is 12.6. The number of rotatable bonds is 4. The van der Waals surface area contributed by atoms with Gasteiger partial charge in [-0.25, -0.2) is 14.3 Å². The van der Waals surface area contributed by atoms with Gasteiger partial charge < -0.3 is 9.47 Å². The molecule has 0 spiro atoms. The van der Waals surface area contributed by atoms with Crippen LogP contribution < -0.4 is 0 Å². The third kappa shape index (κ3) is 3.33. The minimum atomic E-state index is -1.32. The molecular formula is C21H18N2O4. The van der Waals surface area contributed by atoms with E-state index >= 15 is 0 Å². The molecule has 0 saturated carbocycles. The number of cyclic esters (lactones) is 1. The number of hydrogen-bond donors (Lipinski definition) is 0. The van der Waals surface area contributed by atoms with Crippen LogP contribution >= 0.6 is 0 Å². The number of carbonyl (C=O) groups is 2. The van der Waals surface area contributed by atoms with Crippen molar-refractivity contribution in [3.63, 3.8) is 0 Å². The van der Waals surface area contributed by atoms with Gasteiger partial charge in [0.1, 0.15) is 6.61 Å². The van der Waals surface area contributed by atoms with Gasteiger partial charge in [0.25, 0.3) is 0 Å². The molecule has 0 bridgehead atoms. The molecular weight excluding hydrogens is 344 g/mol. The highest BCUT2D eigenvalue weighted by Crippen LogP contribution is 2.29. The third-order valence-corrected chi connectivity index (χ3v) is 4.59. The number of esters is 2. The summed E-state index contributed by atoms with van der Waals surface area (Å²) in [5, 5.41) is 4.17. The zero-order valence-corrected chi connectivity index (χ0v) is 14.8. The van der Waals surface area contributed by atoms with Gasteiger partial charge in [-0.1, -0.05) is 30.3 Å². The Morgan fingerprint density at radius 1 is 1.19 bits per heavy atom. The number of hydrogen-bond acceptors (Lipinski definition) is 5. The van der Waals surface area contributed by atoms with Gasteiger partial charge in [-0.05, 0) is 42.3 Å². The number of nitrogens with zero attached hydrogens (tertiary/aromatic N) is 2. The van der Waals surface area contributed by atoms with Crippen LogP contribution in [0.15, 0.2) is 67.0 Å². The zero-order chi connectivity index (χ0) is 18.9. The summed E-state index contributed by atoms with van der Waals surface area (Å²) in [7, 11) is 0. The molecule has 27 heavy (non-hydrogen) atoms. The van der Waals surface area contributed by atoms with Crippen LogP contribution in [0.25, 0.3) is 5.69 Å². The summed E-state index contributed by atoms with van der Waals surface area (Å²) in [4.78, 5) is 24.8. The van der Waals surface area contributed by atoms with E-state index in [1.165, 1.54) is 0 Å². The average molecular weight is 362 g/mol. The van der Waals surface area contributed by atoms with Gasteiger partial charge in [0, 0.05) is 18.8 Å². The van der Waals surface area contributed by atoms with Crippen LogP contribution in [-0.4, -0.2) is 27.3 Å². The second kappa shape index (κ2) is 6.72. The van der Waals surface area contributed by atoms with E-state index in [2.05, 4.69) is 5.10 Å². The summed E-state index contributed by atoms with van der Waals surface area (Å²) in [6, 6.07) is 16.5. The van der Waals surface area contributed by atoms with Crippen molar-refractivity contribution in [1.29, 1.82) is 0 Å². The maximum Gasteiger partial charge on any atom is 0.351 e. The molecule has 0 aliphatic carbocycles. The molecule has 4 rings (SSSR count). The first-order valence-corrected chi connectivity index (χ1v) is 8.63. The molecule has 0 amide bonds. The van der Waals surface area contributed by atoms with E-state index in [0.29, 0.717) is 12.0 Å². The normalized spacial score (nSPS) is 18.5. The van der Waals surface area contributed by atoms with Crippen molar-refractivity contribution in [2.75, 3.05) is 0 Å². The summed E-state index contributed by atoms with van der Waals surface area (Å²) >= 11 is 0. The molecule has 1 atom stereocenters. The van der Waals surface area contributed by atoms with Crippen molar-refractivity contribution in [1.82, 2.24) is 9.78 Å². The van der Waals surface area contributed by atoms with E-state index in [1.807, 2.05) is 48.7 Å². The number of ether oxygens (including phenoxy) is 2. The van der Waals surface area contributed by atoms with Gasteiger partial charge in [0.15, 0.2) is 0 Å². The number of fused-ring (bicyclic) bond motifs is 1. The number of carbonyl (C=O) groups excluding carboxylic acids is 2. The van der Waals surface area contributed by atoms with E-state index < -0.39 is 17.5 Å². The Kier molecular flexibility index (Phi) is 4.24. The topological polar surface area (TPSA) is 70.4 Å². The predicted molar refractivity (Wildman–Crippen MR) is 97.3 cm³/mol. The van der Waals surface area contributed by atoms with E-state index in [0.717, 1.165) is 16.8 Å². The van der Waals surface area contributed by atoms with Crippen molar-refractivity contribution in [2.24, 2.45) is 0 Å². The second-order valence-corrected chi connectivity index (χ2v) is 6.65. The highest BCUT2D eigenvalue weighted by Gasteiger charge is 2.44. The van der Waals surface area contributed by atoms with Crippen molar-refractivity contribution >= 4 is 11.9 Å². The summed E-state index contributed by atoms with van der Waals surface area (Å²) in [5.41, 5.74) is 1.72. The molecule has 2 heterocycles. The molecule has 1 aromatic heterocycles. The molecule has 0 radical (unpaired) electrons. The summed E-state index contributed by atoms with van der Waals surface area (Å²) in [6.45, 7) is 1.69. The van der Waals surface area contributed by atoms with Crippen LogP contribution in [0.4, 0.5) is 0 Å². The van der Waals surface area contributed by atoms with Gasteiger partial charge in [-0.15, -0.1) is 0 Å². The number of aromatic nitrogens is 2. The lowest BCUT2D eigenvalue weighted by Crippen LogP contribution is -2.46. The maximum atomic E-state index is 12.6. The fourth-order valence-corrected chi connectivity index (χ4v) is 3.11. The molecule has 1 unspecified atom stereocenters. The van der Waals surface area contributed by atoms with Crippen molar-refractivity contribution in [2.45, 2.75) is 25.6 Å². The molecule has 0 N–H and O–H groups in total. The Labute approximate surface area is 156 Å². The standard InChI is InChI=1S/C21H18N2O4/c1-21(13-16-5-2-3-6-18(16)19(24)27-21)20(25)26-14-15-7-9-17(10-8-15)23-12-4-11-22-23/h2-12H,13-14H2,1H3. The van der Waals surface area contributed by atoms with Crippen LogP contribution in [0.1, 0.15) is 28.4 Å². The van der Waals surface area contributed by atoms with E-state index in [9.17, 15) is 9.59 Å². The summed E-state index contributed by atoms with van der Waals surface area (Å²) in [5.74, 6) is -1.05. The van der Waals surface area contributed by atoms with Crippen LogP contribution in [0.3, 0.4) is 0 Å². The lowest BCUT2D eigenvalue weighted by Gasteiger charge is -2.32. The van der Waals surface area contributed by atoms with Crippen molar-refractivity contribution in [3.8, 4) is 5.69 Å². The third-order valence-electron chi connectivity index (χ3n) is 4.59. The first-order chi connectivity index (χ1) is 13.0. The Hall–Kier alpha value is -3.41. The number of benzene rings is 2. The fraction of sp³-hybridized carbons (Fsp3) is 0.190. The molecule has 0 fully saturated rings. The highest BCUT2D eigenvalue weighted by atomic mass is 16.6. The Bertz CT molecular complexity index is 980. The predicted octanol–water partition coefficient (Wildman–Crippen LogP) is 3.09. The molecule has 6 heteroatoms. The Morgan fingerprint density at radius 2 is 1.96 bits per heavy atom. The monoisotopic (exact) mass is 362 g/mol. The first-order valence-electron chi connectivity index (χ1n) is 8.63. The van der Waals surface area contributed by atoms with Crippen molar-refractivity contribution < 1.29 is 19.1 Å². The highest BCUT2D eigenvalue weighted by molar-refractivity contribution is 5.96. The van der Waals surface area contributed by atoms with Crippen LogP contribution in [-0.2, 0) is 27.3 Å². The molecule has 6 nitrogen and oxygen atoms in total. The summed E-state index contributed by atoms with van der Waals surface area (Å²) < 4.78 is 12.6. The Morgan fingerprint density at radius 3 is 2.70 bits per heavy atom. The van der Waals surface area contributed by atoms with Crippen LogP contribution in [0.5, 0.6) is 0 Å².